The molecule has 0 aliphatic heterocycles. The van der Waals surface area contributed by atoms with Crippen LogP contribution in [0.25, 0.3) is 0 Å². The average molecular weight is 285 g/mol. The van der Waals surface area contributed by atoms with Gasteiger partial charge in [0.2, 0.25) is 0 Å². The normalized spacial score (nSPS) is 12.4. The van der Waals surface area contributed by atoms with Crippen LogP contribution < -0.4 is 0 Å². The highest BCUT2D eigenvalue weighted by atomic mass is 16.6. The molecule has 0 heterocycles. The third-order valence-electron chi connectivity index (χ3n) is 3.66. The Morgan fingerprint density at radius 3 is 2.05 bits per heavy atom. The molecule has 0 unspecified atom stereocenters. The Morgan fingerprint density at radius 2 is 1.52 bits per heavy atom. The number of hydrogen-bond donors (Lipinski definition) is 1. The van der Waals surface area contributed by atoms with Gasteiger partial charge in [-0.3, -0.25) is 10.1 Å². The van der Waals surface area contributed by atoms with E-state index in [1.54, 1.807) is 19.1 Å². The third-order valence-corrected chi connectivity index (χ3v) is 3.66. The number of rotatable bonds is 4. The quantitative estimate of drug-likeness (QED) is 0.679. The number of benzene rings is 2. The molecule has 0 saturated heterocycles. The lowest BCUT2D eigenvalue weighted by molar-refractivity contribution is -0.385. The van der Waals surface area contributed by atoms with Gasteiger partial charge in [0.05, 0.1) is 4.92 Å². The molecule has 2 aromatic carbocycles. The van der Waals surface area contributed by atoms with Gasteiger partial charge in [-0.2, -0.15) is 0 Å². The number of aliphatic hydroxyl groups excluding tert-OH is 1. The van der Waals surface area contributed by atoms with Gasteiger partial charge in [0, 0.05) is 11.6 Å². The topological polar surface area (TPSA) is 63.4 Å². The molecule has 0 spiro atoms. The maximum atomic E-state index is 11.0. The first-order chi connectivity index (χ1) is 9.90. The Balaban J connectivity index is 2.33. The zero-order valence-electron chi connectivity index (χ0n) is 12.4. The first-order valence-electron chi connectivity index (χ1n) is 6.93. The lowest BCUT2D eigenvalue weighted by atomic mass is 9.96. The summed E-state index contributed by atoms with van der Waals surface area (Å²) in [6.45, 7) is 5.90. The highest BCUT2D eigenvalue weighted by molar-refractivity contribution is 5.45. The van der Waals surface area contributed by atoms with E-state index in [2.05, 4.69) is 13.8 Å². The molecule has 110 valence electrons. The monoisotopic (exact) mass is 285 g/mol. The van der Waals surface area contributed by atoms with Crippen molar-refractivity contribution in [2.45, 2.75) is 32.8 Å². The minimum Gasteiger partial charge on any atom is -0.384 e. The Kier molecular flexibility index (Phi) is 4.38. The molecule has 0 radical (unpaired) electrons. The van der Waals surface area contributed by atoms with Crippen molar-refractivity contribution in [2.24, 2.45) is 0 Å². The molecule has 2 rings (SSSR count). The van der Waals surface area contributed by atoms with Crippen LogP contribution in [-0.2, 0) is 0 Å². The molecule has 0 aliphatic rings. The van der Waals surface area contributed by atoms with Crippen LogP contribution in [0.15, 0.2) is 42.5 Å². The number of aliphatic hydroxyl groups is 1. The van der Waals surface area contributed by atoms with Crippen LogP contribution in [0.5, 0.6) is 0 Å². The second kappa shape index (κ2) is 6.06. The maximum absolute atomic E-state index is 11.0. The van der Waals surface area contributed by atoms with Gasteiger partial charge in [0.15, 0.2) is 0 Å². The highest BCUT2D eigenvalue weighted by Gasteiger charge is 2.16. The molecular weight excluding hydrogens is 266 g/mol. The summed E-state index contributed by atoms with van der Waals surface area (Å²) >= 11 is 0. The van der Waals surface area contributed by atoms with Crippen LogP contribution in [0, 0.1) is 17.0 Å². The summed E-state index contributed by atoms with van der Waals surface area (Å²) in [4.78, 5) is 10.6. The van der Waals surface area contributed by atoms with E-state index in [9.17, 15) is 15.2 Å². The van der Waals surface area contributed by atoms with Gasteiger partial charge >= 0.3 is 0 Å². The molecule has 0 aliphatic carbocycles. The molecule has 0 amide bonds. The number of nitro benzene ring substituents is 1. The SMILES string of the molecule is Cc1ccc([C@@H](O)c2ccc(C(C)C)cc2)cc1[N+](=O)[O-]. The minimum absolute atomic E-state index is 0.0327. The fraction of sp³-hybridized carbons (Fsp3) is 0.294. The fourth-order valence-electron chi connectivity index (χ4n) is 2.25. The zero-order chi connectivity index (χ0) is 15.6. The Bertz CT molecular complexity index is 648. The summed E-state index contributed by atoms with van der Waals surface area (Å²) in [5.74, 6) is 0.427. The van der Waals surface area contributed by atoms with Crippen LogP contribution >= 0.6 is 0 Å². The number of nitrogens with zero attached hydrogens (tertiary/aromatic N) is 1. The van der Waals surface area contributed by atoms with Gasteiger partial charge in [0.1, 0.15) is 6.10 Å². The van der Waals surface area contributed by atoms with Gasteiger partial charge in [-0.05, 0) is 29.5 Å². The van der Waals surface area contributed by atoms with E-state index in [4.69, 9.17) is 0 Å². The molecule has 4 heteroatoms. The van der Waals surface area contributed by atoms with Gasteiger partial charge in [-0.25, -0.2) is 0 Å². The first-order valence-corrected chi connectivity index (χ1v) is 6.93. The second-order valence-electron chi connectivity index (χ2n) is 5.53. The summed E-state index contributed by atoms with van der Waals surface area (Å²) in [5, 5.41) is 21.4. The summed E-state index contributed by atoms with van der Waals surface area (Å²) < 4.78 is 0. The van der Waals surface area contributed by atoms with Crippen molar-refractivity contribution >= 4 is 5.69 Å². The van der Waals surface area contributed by atoms with Crippen molar-refractivity contribution in [1.82, 2.24) is 0 Å². The molecule has 2 aromatic rings. The summed E-state index contributed by atoms with van der Waals surface area (Å²) in [5.41, 5.74) is 3.08. The lowest BCUT2D eigenvalue weighted by Crippen LogP contribution is -2.02. The van der Waals surface area contributed by atoms with Crippen molar-refractivity contribution in [1.29, 1.82) is 0 Å². The number of hydrogen-bond acceptors (Lipinski definition) is 3. The third kappa shape index (κ3) is 3.28. The van der Waals surface area contributed by atoms with E-state index in [-0.39, 0.29) is 5.69 Å². The molecule has 0 bridgehead atoms. The van der Waals surface area contributed by atoms with E-state index in [0.717, 1.165) is 5.56 Å². The molecule has 21 heavy (non-hydrogen) atoms. The van der Waals surface area contributed by atoms with Crippen molar-refractivity contribution in [3.05, 3.63) is 74.8 Å². The van der Waals surface area contributed by atoms with Crippen molar-refractivity contribution in [3.63, 3.8) is 0 Å². The summed E-state index contributed by atoms with van der Waals surface area (Å²) in [6.07, 6.45) is -0.856. The number of aryl methyl sites for hydroxylation is 1. The minimum atomic E-state index is -0.856. The molecule has 4 nitrogen and oxygen atoms in total. The largest absolute Gasteiger partial charge is 0.384 e. The van der Waals surface area contributed by atoms with Gasteiger partial charge < -0.3 is 5.11 Å². The standard InChI is InChI=1S/C17H19NO3/c1-11(2)13-6-8-14(9-7-13)17(19)15-5-4-12(3)16(10-15)18(20)21/h4-11,17,19H,1-3H3/t17-/m0/s1. The molecule has 0 saturated carbocycles. The van der Waals surface area contributed by atoms with E-state index >= 15 is 0 Å². The Labute approximate surface area is 124 Å². The smallest absolute Gasteiger partial charge is 0.272 e. The van der Waals surface area contributed by atoms with E-state index < -0.39 is 11.0 Å². The van der Waals surface area contributed by atoms with E-state index in [0.29, 0.717) is 17.0 Å². The van der Waals surface area contributed by atoms with Crippen LogP contribution in [0.2, 0.25) is 0 Å². The maximum Gasteiger partial charge on any atom is 0.272 e. The van der Waals surface area contributed by atoms with E-state index in [1.165, 1.54) is 11.6 Å². The van der Waals surface area contributed by atoms with E-state index in [1.807, 2.05) is 24.3 Å². The summed E-state index contributed by atoms with van der Waals surface area (Å²) in [6, 6.07) is 12.5. The van der Waals surface area contributed by atoms with Gasteiger partial charge in [-0.15, -0.1) is 0 Å². The Hall–Kier alpha value is -2.20. The predicted octanol–water partition coefficient (Wildman–Crippen LogP) is 4.11. The molecule has 0 fully saturated rings. The molecule has 1 N–H and O–H groups in total. The van der Waals surface area contributed by atoms with Crippen molar-refractivity contribution in [3.8, 4) is 0 Å². The predicted molar refractivity (Wildman–Crippen MR) is 82.4 cm³/mol. The van der Waals surface area contributed by atoms with Crippen LogP contribution in [-0.4, -0.2) is 10.0 Å². The Morgan fingerprint density at radius 1 is 1.00 bits per heavy atom. The van der Waals surface area contributed by atoms with Crippen molar-refractivity contribution < 1.29 is 10.0 Å². The molecule has 0 aromatic heterocycles. The van der Waals surface area contributed by atoms with Crippen LogP contribution in [0.3, 0.4) is 0 Å². The first kappa shape index (κ1) is 15.2. The number of nitro groups is 1. The second-order valence-corrected chi connectivity index (χ2v) is 5.53. The van der Waals surface area contributed by atoms with Gasteiger partial charge in [0.25, 0.3) is 5.69 Å². The molecular formula is C17H19NO3. The van der Waals surface area contributed by atoms with Crippen LogP contribution in [0.4, 0.5) is 5.69 Å². The molecule has 1 atom stereocenters. The fourth-order valence-corrected chi connectivity index (χ4v) is 2.25. The van der Waals surface area contributed by atoms with Crippen LogP contribution in [0.1, 0.15) is 48.1 Å². The van der Waals surface area contributed by atoms with Crippen molar-refractivity contribution in [2.75, 3.05) is 0 Å². The average Bonchev–Trinajstić information content (AvgIpc) is 2.46. The van der Waals surface area contributed by atoms with Gasteiger partial charge in [-0.1, -0.05) is 50.2 Å². The lowest BCUT2D eigenvalue weighted by Gasteiger charge is -2.13. The highest BCUT2D eigenvalue weighted by Crippen LogP contribution is 2.28. The summed E-state index contributed by atoms with van der Waals surface area (Å²) in [7, 11) is 0. The zero-order valence-corrected chi connectivity index (χ0v) is 12.4.